The van der Waals surface area contributed by atoms with Crippen molar-refractivity contribution in [1.82, 2.24) is 0 Å². The maximum absolute atomic E-state index is 9.70. The lowest BCUT2D eigenvalue weighted by Gasteiger charge is -2.14. The highest BCUT2D eigenvalue weighted by Gasteiger charge is 2.07. The molecule has 0 aliphatic heterocycles. The molecule has 4 nitrogen and oxygen atoms in total. The Bertz CT molecular complexity index is 362. The van der Waals surface area contributed by atoms with Crippen LogP contribution in [0.2, 0.25) is 0 Å². The van der Waals surface area contributed by atoms with Gasteiger partial charge in [-0.05, 0) is 51.3 Å². The van der Waals surface area contributed by atoms with Crippen LogP contribution in [0.1, 0.15) is 32.8 Å². The third-order valence-electron chi connectivity index (χ3n) is 2.88. The third-order valence-corrected chi connectivity index (χ3v) is 2.88. The summed E-state index contributed by atoms with van der Waals surface area (Å²) < 4.78 is 10.8. The van der Waals surface area contributed by atoms with Crippen molar-refractivity contribution in [3.63, 3.8) is 0 Å². The summed E-state index contributed by atoms with van der Waals surface area (Å²) in [5.41, 5.74) is 6.98. The zero-order valence-corrected chi connectivity index (χ0v) is 12.7. The molecule has 2 unspecified atom stereocenters. The van der Waals surface area contributed by atoms with Gasteiger partial charge in [-0.1, -0.05) is 12.1 Å². The van der Waals surface area contributed by atoms with Gasteiger partial charge in [0.25, 0.3) is 0 Å². The SMILES string of the molecule is CC(N)CCc1ccc(OCC(O)COC(C)C)cc1. The fraction of sp³-hybridized carbons (Fsp3) is 0.625. The van der Waals surface area contributed by atoms with Crippen molar-refractivity contribution in [2.45, 2.75) is 51.9 Å². The second-order valence-electron chi connectivity index (χ2n) is 5.51. The quantitative estimate of drug-likeness (QED) is 0.728. The number of hydrogen-bond donors (Lipinski definition) is 2. The van der Waals surface area contributed by atoms with E-state index in [0.717, 1.165) is 18.6 Å². The molecule has 0 aliphatic rings. The highest BCUT2D eigenvalue weighted by atomic mass is 16.5. The summed E-state index contributed by atoms with van der Waals surface area (Å²) >= 11 is 0. The first kappa shape index (κ1) is 17.0. The van der Waals surface area contributed by atoms with Crippen molar-refractivity contribution in [3.8, 4) is 5.75 Å². The molecule has 20 heavy (non-hydrogen) atoms. The van der Waals surface area contributed by atoms with E-state index in [4.69, 9.17) is 15.2 Å². The van der Waals surface area contributed by atoms with Gasteiger partial charge in [0.15, 0.2) is 0 Å². The molecule has 0 saturated heterocycles. The van der Waals surface area contributed by atoms with E-state index < -0.39 is 6.10 Å². The maximum atomic E-state index is 9.70. The van der Waals surface area contributed by atoms with E-state index in [1.54, 1.807) is 0 Å². The summed E-state index contributed by atoms with van der Waals surface area (Å²) in [6, 6.07) is 8.14. The first-order valence-corrected chi connectivity index (χ1v) is 7.24. The first-order chi connectivity index (χ1) is 9.47. The fourth-order valence-corrected chi connectivity index (χ4v) is 1.69. The Morgan fingerprint density at radius 1 is 1.10 bits per heavy atom. The molecule has 0 bridgehead atoms. The minimum Gasteiger partial charge on any atom is -0.491 e. The topological polar surface area (TPSA) is 64.7 Å². The second-order valence-corrected chi connectivity index (χ2v) is 5.51. The molecule has 1 aromatic carbocycles. The van der Waals surface area contributed by atoms with Crippen molar-refractivity contribution in [1.29, 1.82) is 0 Å². The highest BCUT2D eigenvalue weighted by Crippen LogP contribution is 2.14. The van der Waals surface area contributed by atoms with Crippen LogP contribution in [0.4, 0.5) is 0 Å². The molecule has 3 N–H and O–H groups in total. The van der Waals surface area contributed by atoms with Crippen LogP contribution in [0.5, 0.6) is 5.75 Å². The molecule has 114 valence electrons. The Hall–Kier alpha value is -1.10. The lowest BCUT2D eigenvalue weighted by molar-refractivity contribution is -0.0122. The van der Waals surface area contributed by atoms with Crippen LogP contribution in [0.3, 0.4) is 0 Å². The molecular weight excluding hydrogens is 254 g/mol. The Morgan fingerprint density at radius 2 is 1.75 bits per heavy atom. The molecule has 0 fully saturated rings. The third kappa shape index (κ3) is 7.48. The largest absolute Gasteiger partial charge is 0.491 e. The zero-order chi connectivity index (χ0) is 15.0. The molecule has 1 aromatic rings. The maximum Gasteiger partial charge on any atom is 0.119 e. The first-order valence-electron chi connectivity index (χ1n) is 7.24. The lowest BCUT2D eigenvalue weighted by Crippen LogP contribution is -2.25. The Kier molecular flexibility index (Phi) is 7.59. The lowest BCUT2D eigenvalue weighted by atomic mass is 10.1. The average Bonchev–Trinajstić information content (AvgIpc) is 2.41. The molecule has 0 heterocycles. The summed E-state index contributed by atoms with van der Waals surface area (Å²) in [4.78, 5) is 0. The fourth-order valence-electron chi connectivity index (χ4n) is 1.69. The van der Waals surface area contributed by atoms with E-state index in [0.29, 0.717) is 6.61 Å². The van der Waals surface area contributed by atoms with E-state index in [9.17, 15) is 5.11 Å². The summed E-state index contributed by atoms with van der Waals surface area (Å²) in [6.07, 6.45) is 1.47. The van der Waals surface area contributed by atoms with E-state index >= 15 is 0 Å². The summed E-state index contributed by atoms with van der Waals surface area (Å²) in [5, 5.41) is 9.70. The molecule has 1 rings (SSSR count). The number of aliphatic hydroxyl groups is 1. The van der Waals surface area contributed by atoms with Crippen LogP contribution >= 0.6 is 0 Å². The van der Waals surface area contributed by atoms with Crippen molar-refractivity contribution in [2.75, 3.05) is 13.2 Å². The van der Waals surface area contributed by atoms with Gasteiger partial charge in [0.1, 0.15) is 18.5 Å². The predicted octanol–water partition coefficient (Wildman–Crippen LogP) is 2.13. The second kappa shape index (κ2) is 8.95. The number of aryl methyl sites for hydroxylation is 1. The summed E-state index contributed by atoms with van der Waals surface area (Å²) in [6.45, 7) is 6.43. The molecule has 0 radical (unpaired) electrons. The Balaban J connectivity index is 2.30. The summed E-state index contributed by atoms with van der Waals surface area (Å²) in [5.74, 6) is 0.762. The predicted molar refractivity (Wildman–Crippen MR) is 81.0 cm³/mol. The van der Waals surface area contributed by atoms with Crippen molar-refractivity contribution in [2.24, 2.45) is 5.73 Å². The van der Waals surface area contributed by atoms with Crippen molar-refractivity contribution >= 4 is 0 Å². The number of hydrogen-bond acceptors (Lipinski definition) is 4. The minimum atomic E-state index is -0.602. The van der Waals surface area contributed by atoms with Gasteiger partial charge >= 0.3 is 0 Å². The van der Waals surface area contributed by atoms with E-state index in [1.807, 2.05) is 45.0 Å². The highest BCUT2D eigenvalue weighted by molar-refractivity contribution is 5.27. The van der Waals surface area contributed by atoms with Crippen LogP contribution in [-0.4, -0.2) is 36.6 Å². The molecule has 0 saturated carbocycles. The summed E-state index contributed by atoms with van der Waals surface area (Å²) in [7, 11) is 0. The molecule has 0 aliphatic carbocycles. The minimum absolute atomic E-state index is 0.119. The van der Waals surface area contributed by atoms with Gasteiger partial charge in [-0.25, -0.2) is 0 Å². The van der Waals surface area contributed by atoms with Crippen LogP contribution in [-0.2, 0) is 11.2 Å². The van der Waals surface area contributed by atoms with Gasteiger partial charge in [-0.15, -0.1) is 0 Å². The van der Waals surface area contributed by atoms with Crippen molar-refractivity contribution < 1.29 is 14.6 Å². The van der Waals surface area contributed by atoms with Gasteiger partial charge in [0, 0.05) is 6.04 Å². The Morgan fingerprint density at radius 3 is 2.30 bits per heavy atom. The van der Waals surface area contributed by atoms with Crippen LogP contribution in [0.25, 0.3) is 0 Å². The normalized spacial score (nSPS) is 14.3. The van der Waals surface area contributed by atoms with Crippen LogP contribution < -0.4 is 10.5 Å². The van der Waals surface area contributed by atoms with E-state index in [-0.39, 0.29) is 18.8 Å². The van der Waals surface area contributed by atoms with Gasteiger partial charge < -0.3 is 20.3 Å². The molecule has 4 heteroatoms. The van der Waals surface area contributed by atoms with Gasteiger partial charge in [0.2, 0.25) is 0 Å². The number of aliphatic hydroxyl groups excluding tert-OH is 1. The van der Waals surface area contributed by atoms with E-state index in [1.165, 1.54) is 5.56 Å². The van der Waals surface area contributed by atoms with Gasteiger partial charge in [-0.3, -0.25) is 0 Å². The number of benzene rings is 1. The zero-order valence-electron chi connectivity index (χ0n) is 12.7. The number of ether oxygens (including phenoxy) is 2. The Labute approximate surface area is 121 Å². The number of rotatable bonds is 9. The molecular formula is C16H27NO3. The van der Waals surface area contributed by atoms with Crippen LogP contribution in [0, 0.1) is 0 Å². The molecule has 0 spiro atoms. The van der Waals surface area contributed by atoms with E-state index in [2.05, 4.69) is 0 Å². The molecule has 0 amide bonds. The smallest absolute Gasteiger partial charge is 0.119 e. The van der Waals surface area contributed by atoms with Crippen LogP contribution in [0.15, 0.2) is 24.3 Å². The molecule has 2 atom stereocenters. The standard InChI is InChI=1S/C16H27NO3/c1-12(2)19-10-15(18)11-20-16-8-6-14(7-9-16)5-4-13(3)17/h6-9,12-13,15,18H,4-5,10-11,17H2,1-3H3. The monoisotopic (exact) mass is 281 g/mol. The molecule has 0 aromatic heterocycles. The van der Waals surface area contributed by atoms with Crippen molar-refractivity contribution in [3.05, 3.63) is 29.8 Å². The van der Waals surface area contributed by atoms with Gasteiger partial charge in [-0.2, -0.15) is 0 Å². The van der Waals surface area contributed by atoms with Gasteiger partial charge in [0.05, 0.1) is 12.7 Å². The average molecular weight is 281 g/mol. The number of nitrogens with two attached hydrogens (primary N) is 1.